The van der Waals surface area contributed by atoms with Crippen molar-refractivity contribution in [2.45, 2.75) is 19.1 Å². The van der Waals surface area contributed by atoms with E-state index in [2.05, 4.69) is 0 Å². The highest BCUT2D eigenvalue weighted by Gasteiger charge is 2.23. The fourth-order valence-electron chi connectivity index (χ4n) is 1.67. The molecule has 5 nitrogen and oxygen atoms in total. The van der Waals surface area contributed by atoms with Gasteiger partial charge in [-0.15, -0.1) is 0 Å². The highest BCUT2D eigenvalue weighted by atomic mass is 16.7. The molecule has 1 aliphatic heterocycles. The number of carboxylic acids is 1. The van der Waals surface area contributed by atoms with E-state index in [-0.39, 0.29) is 11.1 Å². The van der Waals surface area contributed by atoms with Gasteiger partial charge in [0, 0.05) is 6.42 Å². The standard InChI is InChI=1S/C12H12O5/c13-11(14)8-4-1-2-5-9(8)12(15)17-10-6-3-7-16-10/h1-2,4-5,10H,3,6-7H2,(H,13,14). The second-order valence-corrected chi connectivity index (χ2v) is 3.70. The van der Waals surface area contributed by atoms with Gasteiger partial charge in [-0.05, 0) is 18.6 Å². The maximum absolute atomic E-state index is 11.8. The van der Waals surface area contributed by atoms with Crippen LogP contribution < -0.4 is 0 Å². The van der Waals surface area contributed by atoms with Crippen LogP contribution in [0.1, 0.15) is 33.6 Å². The highest BCUT2D eigenvalue weighted by Crippen LogP contribution is 2.17. The van der Waals surface area contributed by atoms with Crippen LogP contribution >= 0.6 is 0 Å². The summed E-state index contributed by atoms with van der Waals surface area (Å²) in [5.41, 5.74) is -0.00834. The van der Waals surface area contributed by atoms with E-state index >= 15 is 0 Å². The van der Waals surface area contributed by atoms with Crippen LogP contribution in [0, 0.1) is 0 Å². The Labute approximate surface area is 98.0 Å². The summed E-state index contributed by atoms with van der Waals surface area (Å²) in [5.74, 6) is -1.81. The Bertz CT molecular complexity index is 434. The first kappa shape index (κ1) is 11.6. The molecule has 0 aromatic heterocycles. The van der Waals surface area contributed by atoms with Crippen LogP contribution in [-0.4, -0.2) is 29.9 Å². The Hall–Kier alpha value is -1.88. The Kier molecular flexibility index (Phi) is 3.39. The number of rotatable bonds is 3. The monoisotopic (exact) mass is 236 g/mol. The lowest BCUT2D eigenvalue weighted by Crippen LogP contribution is -2.19. The zero-order valence-electron chi connectivity index (χ0n) is 9.09. The highest BCUT2D eigenvalue weighted by molar-refractivity contribution is 6.02. The van der Waals surface area contributed by atoms with Gasteiger partial charge in [0.2, 0.25) is 6.29 Å². The molecule has 0 saturated carbocycles. The van der Waals surface area contributed by atoms with E-state index in [0.717, 1.165) is 6.42 Å². The normalized spacial score (nSPS) is 18.9. The van der Waals surface area contributed by atoms with Crippen molar-refractivity contribution in [3.63, 3.8) is 0 Å². The first-order valence-corrected chi connectivity index (χ1v) is 5.33. The van der Waals surface area contributed by atoms with Crippen molar-refractivity contribution in [3.05, 3.63) is 35.4 Å². The molecule has 5 heteroatoms. The lowest BCUT2D eigenvalue weighted by Gasteiger charge is -2.11. The second-order valence-electron chi connectivity index (χ2n) is 3.70. The fraction of sp³-hybridized carbons (Fsp3) is 0.333. The van der Waals surface area contributed by atoms with E-state index < -0.39 is 18.2 Å². The number of hydrogen-bond donors (Lipinski definition) is 1. The molecule has 1 saturated heterocycles. The van der Waals surface area contributed by atoms with Crippen molar-refractivity contribution in [1.82, 2.24) is 0 Å². The summed E-state index contributed by atoms with van der Waals surface area (Å²) in [4.78, 5) is 22.7. The maximum atomic E-state index is 11.8. The molecule has 1 atom stereocenters. The summed E-state index contributed by atoms with van der Waals surface area (Å²) in [5, 5.41) is 8.94. The van der Waals surface area contributed by atoms with Crippen LogP contribution in [-0.2, 0) is 9.47 Å². The Morgan fingerprint density at radius 3 is 2.59 bits per heavy atom. The number of hydrogen-bond acceptors (Lipinski definition) is 4. The Balaban J connectivity index is 2.15. The van der Waals surface area contributed by atoms with E-state index in [1.807, 2.05) is 0 Å². The van der Waals surface area contributed by atoms with Crippen LogP contribution in [0.15, 0.2) is 24.3 Å². The molecule has 1 N–H and O–H groups in total. The molecule has 0 radical (unpaired) electrons. The van der Waals surface area contributed by atoms with E-state index in [1.54, 1.807) is 12.1 Å². The molecule has 1 unspecified atom stereocenters. The minimum atomic E-state index is -1.15. The molecule has 0 spiro atoms. The average molecular weight is 236 g/mol. The molecule has 0 aliphatic carbocycles. The minimum absolute atomic E-state index is 0.0514. The first-order chi connectivity index (χ1) is 8.18. The van der Waals surface area contributed by atoms with Crippen LogP contribution in [0.2, 0.25) is 0 Å². The van der Waals surface area contributed by atoms with Crippen LogP contribution in [0.25, 0.3) is 0 Å². The third kappa shape index (κ3) is 2.62. The molecule has 1 aromatic rings. The Morgan fingerprint density at radius 2 is 2.00 bits per heavy atom. The van der Waals surface area contributed by atoms with Crippen LogP contribution in [0.5, 0.6) is 0 Å². The van der Waals surface area contributed by atoms with E-state index in [0.29, 0.717) is 13.0 Å². The number of aromatic carboxylic acids is 1. The lowest BCUT2D eigenvalue weighted by molar-refractivity contribution is -0.0776. The summed E-state index contributed by atoms with van der Waals surface area (Å²) < 4.78 is 10.2. The fourth-order valence-corrected chi connectivity index (χ4v) is 1.67. The van der Waals surface area contributed by atoms with Crippen molar-refractivity contribution in [2.24, 2.45) is 0 Å². The van der Waals surface area contributed by atoms with E-state index in [4.69, 9.17) is 14.6 Å². The average Bonchev–Trinajstić information content (AvgIpc) is 2.81. The quantitative estimate of drug-likeness (QED) is 0.808. The van der Waals surface area contributed by atoms with E-state index in [1.165, 1.54) is 12.1 Å². The molecule has 2 rings (SSSR count). The van der Waals surface area contributed by atoms with Gasteiger partial charge in [0.05, 0.1) is 17.7 Å². The number of carboxylic acid groups (broad SMARTS) is 1. The number of carbonyl (C=O) groups is 2. The summed E-state index contributed by atoms with van der Waals surface area (Å²) >= 11 is 0. The molecule has 1 heterocycles. The predicted molar refractivity (Wildman–Crippen MR) is 57.8 cm³/mol. The molecule has 1 aliphatic rings. The third-order valence-electron chi connectivity index (χ3n) is 2.50. The summed E-state index contributed by atoms with van der Waals surface area (Å²) in [7, 11) is 0. The largest absolute Gasteiger partial charge is 0.478 e. The summed E-state index contributed by atoms with van der Waals surface area (Å²) in [6.07, 6.45) is 0.948. The lowest BCUT2D eigenvalue weighted by atomic mass is 10.1. The van der Waals surface area contributed by atoms with Gasteiger partial charge in [-0.2, -0.15) is 0 Å². The Morgan fingerprint density at radius 1 is 1.29 bits per heavy atom. The molecular formula is C12H12O5. The smallest absolute Gasteiger partial charge is 0.341 e. The third-order valence-corrected chi connectivity index (χ3v) is 2.50. The van der Waals surface area contributed by atoms with Gasteiger partial charge in [-0.3, -0.25) is 0 Å². The minimum Gasteiger partial charge on any atom is -0.478 e. The summed E-state index contributed by atoms with van der Waals surface area (Å²) in [6, 6.07) is 5.96. The molecule has 0 amide bonds. The first-order valence-electron chi connectivity index (χ1n) is 5.33. The molecular weight excluding hydrogens is 224 g/mol. The van der Waals surface area contributed by atoms with Gasteiger partial charge in [-0.25, -0.2) is 9.59 Å². The zero-order chi connectivity index (χ0) is 12.3. The molecule has 1 fully saturated rings. The zero-order valence-corrected chi connectivity index (χ0v) is 9.09. The van der Waals surface area contributed by atoms with E-state index in [9.17, 15) is 9.59 Å². The predicted octanol–water partition coefficient (Wildman–Crippen LogP) is 1.68. The number of carbonyl (C=O) groups excluding carboxylic acids is 1. The van der Waals surface area contributed by atoms with Crippen molar-refractivity contribution >= 4 is 11.9 Å². The van der Waals surface area contributed by atoms with Gasteiger partial charge in [-0.1, -0.05) is 12.1 Å². The number of benzene rings is 1. The topological polar surface area (TPSA) is 72.8 Å². The van der Waals surface area contributed by atoms with Crippen molar-refractivity contribution in [1.29, 1.82) is 0 Å². The molecule has 0 bridgehead atoms. The van der Waals surface area contributed by atoms with Crippen LogP contribution in [0.4, 0.5) is 0 Å². The molecule has 90 valence electrons. The van der Waals surface area contributed by atoms with Gasteiger partial charge < -0.3 is 14.6 Å². The van der Waals surface area contributed by atoms with Gasteiger partial charge in [0.25, 0.3) is 0 Å². The van der Waals surface area contributed by atoms with Crippen LogP contribution in [0.3, 0.4) is 0 Å². The van der Waals surface area contributed by atoms with Crippen molar-refractivity contribution < 1.29 is 24.2 Å². The molecule has 17 heavy (non-hydrogen) atoms. The van der Waals surface area contributed by atoms with Crippen molar-refractivity contribution in [2.75, 3.05) is 6.61 Å². The molecule has 1 aromatic carbocycles. The second kappa shape index (κ2) is 4.97. The SMILES string of the molecule is O=C(O)c1ccccc1C(=O)OC1CCCO1. The van der Waals surface area contributed by atoms with Crippen molar-refractivity contribution in [3.8, 4) is 0 Å². The number of esters is 1. The van der Waals surface area contributed by atoms with Gasteiger partial charge in [0.15, 0.2) is 0 Å². The number of ether oxygens (including phenoxy) is 2. The van der Waals surface area contributed by atoms with Gasteiger partial charge >= 0.3 is 11.9 Å². The maximum Gasteiger partial charge on any atom is 0.341 e. The summed E-state index contributed by atoms with van der Waals surface area (Å²) in [6.45, 7) is 0.568. The van der Waals surface area contributed by atoms with Gasteiger partial charge in [0.1, 0.15) is 0 Å².